The maximum Gasteiger partial charge on any atom is 0.257 e. The van der Waals surface area contributed by atoms with E-state index in [0.717, 1.165) is 47.3 Å². The van der Waals surface area contributed by atoms with Crippen molar-refractivity contribution in [1.29, 1.82) is 0 Å². The number of hydrogen-bond acceptors (Lipinski definition) is 2. The van der Waals surface area contributed by atoms with Gasteiger partial charge in [0.1, 0.15) is 5.82 Å². The Morgan fingerprint density at radius 1 is 1.03 bits per heavy atom. The van der Waals surface area contributed by atoms with Gasteiger partial charge in [-0.3, -0.25) is 4.79 Å². The maximum absolute atomic E-state index is 13.3. The second-order valence-corrected chi connectivity index (χ2v) is 7.70. The number of carbonyl (C=O) groups excluding carboxylic acids is 1. The van der Waals surface area contributed by atoms with Gasteiger partial charge in [0, 0.05) is 19.0 Å². The molecular weight excluding hydrogens is 365 g/mol. The zero-order valence-electron chi connectivity index (χ0n) is 16.1. The van der Waals surface area contributed by atoms with Crippen molar-refractivity contribution in [2.45, 2.75) is 25.2 Å². The van der Waals surface area contributed by atoms with Crippen molar-refractivity contribution in [1.82, 2.24) is 14.7 Å². The molecule has 1 aliphatic carbocycles. The van der Waals surface area contributed by atoms with Crippen molar-refractivity contribution in [3.8, 4) is 5.69 Å². The van der Waals surface area contributed by atoms with Gasteiger partial charge in [-0.2, -0.15) is 5.10 Å². The number of aromatic nitrogens is 2. The van der Waals surface area contributed by atoms with Gasteiger partial charge >= 0.3 is 0 Å². The first kappa shape index (κ1) is 17.9. The maximum atomic E-state index is 13.3. The minimum Gasteiger partial charge on any atom is -0.334 e. The lowest BCUT2D eigenvalue weighted by Gasteiger charge is -2.27. The summed E-state index contributed by atoms with van der Waals surface area (Å²) in [5, 5.41) is 4.55. The summed E-state index contributed by atoms with van der Waals surface area (Å²) in [7, 11) is 0. The minimum atomic E-state index is -0.231. The number of carbonyl (C=O) groups is 1. The Balaban J connectivity index is 1.39. The van der Waals surface area contributed by atoms with Crippen molar-refractivity contribution in [2.75, 3.05) is 13.1 Å². The van der Waals surface area contributed by atoms with E-state index in [1.54, 1.807) is 18.3 Å². The van der Waals surface area contributed by atoms with Gasteiger partial charge in [-0.25, -0.2) is 9.07 Å². The van der Waals surface area contributed by atoms with Crippen molar-refractivity contribution < 1.29 is 9.18 Å². The summed E-state index contributed by atoms with van der Waals surface area (Å²) in [6, 6.07) is 16.6. The molecule has 1 aromatic heterocycles. The van der Waals surface area contributed by atoms with E-state index in [4.69, 9.17) is 0 Å². The minimum absolute atomic E-state index is 0.0449. The van der Waals surface area contributed by atoms with Gasteiger partial charge in [0.25, 0.3) is 5.91 Å². The molecule has 1 aliphatic heterocycles. The van der Waals surface area contributed by atoms with E-state index >= 15 is 0 Å². The first-order chi connectivity index (χ1) is 14.2. The third kappa shape index (κ3) is 3.48. The molecule has 1 saturated carbocycles. The van der Waals surface area contributed by atoms with Gasteiger partial charge in [-0.15, -0.1) is 0 Å². The second-order valence-electron chi connectivity index (χ2n) is 7.70. The molecule has 1 amide bonds. The lowest BCUT2D eigenvalue weighted by molar-refractivity contribution is 0.0771. The number of amides is 1. The molecule has 0 unspecified atom stereocenters. The van der Waals surface area contributed by atoms with Crippen molar-refractivity contribution in [3.05, 3.63) is 89.5 Å². The molecule has 0 bridgehead atoms. The van der Waals surface area contributed by atoms with Crippen LogP contribution >= 0.6 is 0 Å². The third-order valence-corrected chi connectivity index (χ3v) is 5.71. The fourth-order valence-corrected chi connectivity index (χ4v) is 4.00. The van der Waals surface area contributed by atoms with Gasteiger partial charge in [0.05, 0.1) is 23.1 Å². The van der Waals surface area contributed by atoms with Gasteiger partial charge < -0.3 is 4.90 Å². The Labute approximate surface area is 169 Å². The molecule has 0 N–H and O–H groups in total. The molecule has 5 heteroatoms. The number of rotatable bonds is 4. The van der Waals surface area contributed by atoms with E-state index in [-0.39, 0.29) is 11.7 Å². The van der Waals surface area contributed by atoms with E-state index in [2.05, 4.69) is 11.2 Å². The van der Waals surface area contributed by atoms with Crippen LogP contribution in [0.5, 0.6) is 0 Å². The average molecular weight is 387 g/mol. The molecule has 0 spiro atoms. The van der Waals surface area contributed by atoms with Crippen molar-refractivity contribution in [3.63, 3.8) is 0 Å². The van der Waals surface area contributed by atoms with Gasteiger partial charge in [-0.1, -0.05) is 36.4 Å². The SMILES string of the molecule is O=C(c1cnn(-c2ccccc2)c1C1CC1)N1CC=C(c2ccc(F)cc2)CC1. The standard InChI is InChI=1S/C24H22FN3O/c25-20-10-8-17(9-11-20)18-12-14-27(15-13-18)24(29)22-16-26-28(23(22)19-6-7-19)21-4-2-1-3-5-21/h1-5,8-12,16,19H,6-7,13-15H2. The number of benzene rings is 2. The zero-order chi connectivity index (χ0) is 19.8. The van der Waals surface area contributed by atoms with Gasteiger partial charge in [0.2, 0.25) is 0 Å². The molecule has 146 valence electrons. The summed E-state index contributed by atoms with van der Waals surface area (Å²) in [4.78, 5) is 15.2. The van der Waals surface area contributed by atoms with Crippen molar-refractivity contribution >= 4 is 11.5 Å². The molecule has 3 aromatic rings. The largest absolute Gasteiger partial charge is 0.334 e. The first-order valence-electron chi connectivity index (χ1n) is 10.1. The quantitative estimate of drug-likeness (QED) is 0.644. The monoisotopic (exact) mass is 387 g/mol. The van der Waals surface area contributed by atoms with Crippen LogP contribution in [0.3, 0.4) is 0 Å². The number of halogens is 1. The molecule has 0 saturated heterocycles. The van der Waals surface area contributed by atoms with Crippen LogP contribution in [0.1, 0.15) is 46.8 Å². The summed E-state index contributed by atoms with van der Waals surface area (Å²) in [5.74, 6) is 0.222. The molecule has 2 aromatic carbocycles. The Bertz CT molecular complexity index is 1070. The Morgan fingerprint density at radius 3 is 2.45 bits per heavy atom. The molecule has 29 heavy (non-hydrogen) atoms. The van der Waals surface area contributed by atoms with Crippen LogP contribution in [0, 0.1) is 5.82 Å². The molecule has 0 atom stereocenters. The van der Waals surface area contributed by atoms with E-state index < -0.39 is 0 Å². The fourth-order valence-electron chi connectivity index (χ4n) is 4.00. The Hall–Kier alpha value is -3.21. The fraction of sp³-hybridized carbons (Fsp3) is 0.250. The topological polar surface area (TPSA) is 38.1 Å². The number of nitrogens with zero attached hydrogens (tertiary/aromatic N) is 3. The molecule has 0 radical (unpaired) electrons. The average Bonchev–Trinajstić information content (AvgIpc) is 3.52. The normalized spacial score (nSPS) is 16.6. The number of para-hydroxylation sites is 1. The summed E-state index contributed by atoms with van der Waals surface area (Å²) in [5.41, 5.74) is 4.93. The predicted molar refractivity (Wildman–Crippen MR) is 110 cm³/mol. The van der Waals surface area contributed by atoms with Crippen LogP contribution in [-0.2, 0) is 0 Å². The smallest absolute Gasteiger partial charge is 0.257 e. The van der Waals surface area contributed by atoms with E-state index in [0.29, 0.717) is 19.0 Å². The zero-order valence-corrected chi connectivity index (χ0v) is 16.1. The van der Waals surface area contributed by atoms with Crippen LogP contribution in [-0.4, -0.2) is 33.7 Å². The Kier molecular flexibility index (Phi) is 4.51. The third-order valence-electron chi connectivity index (χ3n) is 5.71. The van der Waals surface area contributed by atoms with Crippen LogP contribution in [0.4, 0.5) is 4.39 Å². The first-order valence-corrected chi connectivity index (χ1v) is 10.1. The van der Waals surface area contributed by atoms with Crippen molar-refractivity contribution in [2.24, 2.45) is 0 Å². The second kappa shape index (κ2) is 7.32. The van der Waals surface area contributed by atoms with Crippen LogP contribution in [0.25, 0.3) is 11.3 Å². The summed E-state index contributed by atoms with van der Waals surface area (Å²) in [6.45, 7) is 1.22. The summed E-state index contributed by atoms with van der Waals surface area (Å²) >= 11 is 0. The highest BCUT2D eigenvalue weighted by molar-refractivity contribution is 5.96. The van der Waals surface area contributed by atoms with E-state index in [1.165, 1.54) is 12.1 Å². The van der Waals surface area contributed by atoms with E-state index in [1.807, 2.05) is 39.9 Å². The Morgan fingerprint density at radius 2 is 1.79 bits per heavy atom. The van der Waals surface area contributed by atoms with Gasteiger partial charge in [0.15, 0.2) is 0 Å². The highest BCUT2D eigenvalue weighted by atomic mass is 19.1. The lowest BCUT2D eigenvalue weighted by Crippen LogP contribution is -2.35. The highest BCUT2D eigenvalue weighted by Crippen LogP contribution is 2.42. The van der Waals surface area contributed by atoms with Crippen LogP contribution in [0.15, 0.2) is 66.9 Å². The molecule has 1 fully saturated rings. The predicted octanol–water partition coefficient (Wildman–Crippen LogP) is 4.82. The summed E-state index contributed by atoms with van der Waals surface area (Å²) in [6.07, 6.45) is 6.78. The molecule has 5 rings (SSSR count). The summed E-state index contributed by atoms with van der Waals surface area (Å²) < 4.78 is 15.1. The van der Waals surface area contributed by atoms with Gasteiger partial charge in [-0.05, 0) is 54.7 Å². The number of hydrogen-bond donors (Lipinski definition) is 0. The molecule has 4 nitrogen and oxygen atoms in total. The molecule has 2 aliphatic rings. The molecule has 2 heterocycles. The highest BCUT2D eigenvalue weighted by Gasteiger charge is 2.34. The molecular formula is C24H22FN3O. The van der Waals surface area contributed by atoms with Crippen LogP contribution < -0.4 is 0 Å². The van der Waals surface area contributed by atoms with E-state index in [9.17, 15) is 9.18 Å². The van der Waals surface area contributed by atoms with Crippen LogP contribution in [0.2, 0.25) is 0 Å². The lowest BCUT2D eigenvalue weighted by atomic mass is 9.99.